The van der Waals surface area contributed by atoms with E-state index in [-0.39, 0.29) is 35.3 Å². The van der Waals surface area contributed by atoms with Gasteiger partial charge in [0.2, 0.25) is 0 Å². The number of hydrogen-bond donors (Lipinski definition) is 1. The predicted molar refractivity (Wildman–Crippen MR) is 79.4 cm³/mol. The van der Waals surface area contributed by atoms with Crippen molar-refractivity contribution >= 4 is 0 Å². The smallest absolute Gasteiger partial charge is 0.872 e. The summed E-state index contributed by atoms with van der Waals surface area (Å²) in [5.74, 6) is 0.399. The van der Waals surface area contributed by atoms with E-state index in [0.29, 0.717) is 5.75 Å². The molecular formula is C18H15NaO2. The Labute approximate surface area is 147 Å². The van der Waals surface area contributed by atoms with Crippen molar-refractivity contribution in [2.24, 2.45) is 0 Å². The largest absolute Gasteiger partial charge is 1.00 e. The molecule has 0 fully saturated rings. The van der Waals surface area contributed by atoms with E-state index in [4.69, 9.17) is 5.11 Å². The van der Waals surface area contributed by atoms with Crippen molar-refractivity contribution in [3.63, 3.8) is 0 Å². The fourth-order valence-corrected chi connectivity index (χ4v) is 1.75. The van der Waals surface area contributed by atoms with Crippen molar-refractivity contribution < 1.29 is 39.8 Å². The van der Waals surface area contributed by atoms with Gasteiger partial charge in [0.25, 0.3) is 0 Å². The van der Waals surface area contributed by atoms with Crippen LogP contribution >= 0.6 is 0 Å². The van der Waals surface area contributed by atoms with Gasteiger partial charge in [0.05, 0.1) is 0 Å². The zero-order chi connectivity index (χ0) is 14.2. The van der Waals surface area contributed by atoms with Crippen LogP contribution in [0.3, 0.4) is 0 Å². The number of phenols is 1. The molecule has 0 aliphatic heterocycles. The maximum absolute atomic E-state index is 11.4. The molecule has 3 aromatic rings. The number of benzene rings is 3. The van der Waals surface area contributed by atoms with Crippen molar-refractivity contribution in [1.82, 2.24) is 0 Å². The van der Waals surface area contributed by atoms with Gasteiger partial charge in [0.1, 0.15) is 5.75 Å². The van der Waals surface area contributed by atoms with E-state index < -0.39 is 0 Å². The topological polar surface area (TPSA) is 43.3 Å². The normalized spacial score (nSPS) is 8.95. The van der Waals surface area contributed by atoms with Crippen LogP contribution in [0.15, 0.2) is 84.9 Å². The number of aromatic hydroxyl groups is 1. The number of rotatable bonds is 1. The molecule has 21 heavy (non-hydrogen) atoms. The van der Waals surface area contributed by atoms with Crippen LogP contribution in [0.2, 0.25) is 0 Å². The molecule has 0 unspecified atom stereocenters. The summed E-state index contributed by atoms with van der Waals surface area (Å²) >= 11 is 0. The first kappa shape index (κ1) is 17.3. The summed E-state index contributed by atoms with van der Waals surface area (Å²) in [5, 5.41) is 20.1. The summed E-state index contributed by atoms with van der Waals surface area (Å²) in [6, 6.07) is 25.5. The molecule has 0 heterocycles. The maximum atomic E-state index is 11.4. The summed E-state index contributed by atoms with van der Waals surface area (Å²) in [5.41, 5.74) is 1.75. The molecule has 3 aromatic carbocycles. The van der Waals surface area contributed by atoms with E-state index in [1.165, 1.54) is 0 Å². The number of hydrogen-bond acceptors (Lipinski definition) is 2. The van der Waals surface area contributed by atoms with Crippen molar-refractivity contribution in [2.45, 2.75) is 0 Å². The van der Waals surface area contributed by atoms with Gasteiger partial charge in [0.15, 0.2) is 0 Å². The molecule has 1 N–H and O–H groups in total. The molecule has 0 aliphatic rings. The Balaban J connectivity index is 0.000000236. The molecule has 100 valence electrons. The summed E-state index contributed by atoms with van der Waals surface area (Å²) in [6.07, 6.45) is 0. The molecule has 0 saturated heterocycles. The average Bonchev–Trinajstić information content (AvgIpc) is 2.50. The third-order valence-electron chi connectivity index (χ3n) is 2.73. The summed E-state index contributed by atoms with van der Waals surface area (Å²) < 4.78 is 0. The first-order valence-corrected chi connectivity index (χ1v) is 6.33. The van der Waals surface area contributed by atoms with Gasteiger partial charge in [-0.2, -0.15) is 0 Å². The standard InChI is InChI=1S/C12H10O.C6H6O.Na/c13-12-9-5-4-8-11(12)10-6-2-1-3-7-10;7-6-4-2-1-3-5-6;/h1-9,13H;1-5,7H;/q;;+1/p-1. The quantitative estimate of drug-likeness (QED) is 0.673. The number of para-hydroxylation sites is 2. The monoisotopic (exact) mass is 286 g/mol. The fraction of sp³-hybridized carbons (Fsp3) is 0. The molecule has 3 rings (SSSR count). The van der Waals surface area contributed by atoms with Gasteiger partial charge in [-0.05, 0) is 23.3 Å². The number of phenolic OH excluding ortho intramolecular Hbond substituents is 1. The van der Waals surface area contributed by atoms with Gasteiger partial charge < -0.3 is 10.2 Å². The van der Waals surface area contributed by atoms with Gasteiger partial charge >= 0.3 is 29.6 Å². The first-order valence-electron chi connectivity index (χ1n) is 6.33. The van der Waals surface area contributed by atoms with Gasteiger partial charge in [-0.15, -0.1) is 5.75 Å². The van der Waals surface area contributed by atoms with Crippen LogP contribution in [0.5, 0.6) is 11.5 Å². The minimum atomic E-state index is 0. The van der Waals surface area contributed by atoms with E-state index >= 15 is 0 Å². The van der Waals surface area contributed by atoms with Crippen molar-refractivity contribution in [3.8, 4) is 22.6 Å². The molecule has 0 amide bonds. The molecule has 3 heteroatoms. The third-order valence-corrected chi connectivity index (χ3v) is 2.73. The second-order valence-corrected chi connectivity index (χ2v) is 4.20. The van der Waals surface area contributed by atoms with E-state index in [9.17, 15) is 5.11 Å². The predicted octanol–water partition coefficient (Wildman–Crippen LogP) is 0.823. The molecule has 0 atom stereocenters. The Morgan fingerprint density at radius 2 is 1.10 bits per heavy atom. The van der Waals surface area contributed by atoms with Crippen LogP contribution < -0.4 is 34.7 Å². The Morgan fingerprint density at radius 3 is 1.57 bits per heavy atom. The van der Waals surface area contributed by atoms with Crippen LogP contribution in [-0.4, -0.2) is 5.11 Å². The minimum absolute atomic E-state index is 0. The molecule has 0 bridgehead atoms. The van der Waals surface area contributed by atoms with Crippen molar-refractivity contribution in [1.29, 1.82) is 0 Å². The van der Waals surface area contributed by atoms with Gasteiger partial charge in [-0.25, -0.2) is 0 Å². The van der Waals surface area contributed by atoms with Crippen LogP contribution in [0.1, 0.15) is 0 Å². The van der Waals surface area contributed by atoms with Crippen LogP contribution in [0.4, 0.5) is 0 Å². The maximum Gasteiger partial charge on any atom is 1.00 e. The Bertz CT molecular complexity index is 640. The van der Waals surface area contributed by atoms with E-state index in [0.717, 1.165) is 11.1 Å². The second-order valence-electron chi connectivity index (χ2n) is 4.20. The SMILES string of the molecule is Oc1ccccc1.[Na+].[O-]c1ccccc1-c1ccccc1. The molecule has 0 aliphatic carbocycles. The Hall–Kier alpha value is -1.74. The van der Waals surface area contributed by atoms with Crippen LogP contribution in [-0.2, 0) is 0 Å². The van der Waals surface area contributed by atoms with Crippen molar-refractivity contribution in [2.75, 3.05) is 0 Å². The van der Waals surface area contributed by atoms with Gasteiger partial charge in [-0.3, -0.25) is 0 Å². The molecule has 0 saturated carbocycles. The average molecular weight is 286 g/mol. The van der Waals surface area contributed by atoms with E-state index in [2.05, 4.69) is 0 Å². The Kier molecular flexibility index (Phi) is 7.62. The van der Waals surface area contributed by atoms with E-state index in [1.54, 1.807) is 36.4 Å². The van der Waals surface area contributed by atoms with Crippen LogP contribution in [0, 0.1) is 0 Å². The van der Waals surface area contributed by atoms with Crippen molar-refractivity contribution in [3.05, 3.63) is 84.9 Å². The molecule has 0 spiro atoms. The molecule has 2 nitrogen and oxygen atoms in total. The first-order chi connectivity index (χ1) is 9.77. The molecular weight excluding hydrogens is 271 g/mol. The van der Waals surface area contributed by atoms with Crippen LogP contribution in [0.25, 0.3) is 11.1 Å². The second kappa shape index (κ2) is 9.24. The van der Waals surface area contributed by atoms with E-state index in [1.807, 2.05) is 48.5 Å². The summed E-state index contributed by atoms with van der Waals surface area (Å²) in [6.45, 7) is 0. The summed E-state index contributed by atoms with van der Waals surface area (Å²) in [4.78, 5) is 0. The molecule has 0 aromatic heterocycles. The zero-order valence-electron chi connectivity index (χ0n) is 11.9. The summed E-state index contributed by atoms with van der Waals surface area (Å²) in [7, 11) is 0. The third kappa shape index (κ3) is 5.64. The molecule has 0 radical (unpaired) electrons. The van der Waals surface area contributed by atoms with Gasteiger partial charge in [0, 0.05) is 0 Å². The Morgan fingerprint density at radius 1 is 0.619 bits per heavy atom. The zero-order valence-corrected chi connectivity index (χ0v) is 13.9. The fourth-order valence-electron chi connectivity index (χ4n) is 1.75. The minimum Gasteiger partial charge on any atom is -0.872 e. The van der Waals surface area contributed by atoms with Gasteiger partial charge in [-0.1, -0.05) is 72.8 Å².